The molecule has 1 N–H and O–H groups in total. The summed E-state index contributed by atoms with van der Waals surface area (Å²) in [5, 5.41) is 12.7. The van der Waals surface area contributed by atoms with Crippen molar-refractivity contribution in [2.75, 3.05) is 25.5 Å². The van der Waals surface area contributed by atoms with Crippen molar-refractivity contribution in [2.24, 2.45) is 5.92 Å². The van der Waals surface area contributed by atoms with Gasteiger partial charge in [-0.25, -0.2) is 0 Å². The van der Waals surface area contributed by atoms with Gasteiger partial charge >= 0.3 is 0 Å². The quantitative estimate of drug-likeness (QED) is 0.926. The molecule has 2 rings (SSSR count). The molecular formula is C15H20BrN3. The second-order valence-corrected chi connectivity index (χ2v) is 6.29. The van der Waals surface area contributed by atoms with Gasteiger partial charge in [0.05, 0.1) is 11.3 Å². The minimum absolute atomic E-state index is 0.398. The molecule has 0 aliphatic carbocycles. The second kappa shape index (κ2) is 6.40. The summed E-state index contributed by atoms with van der Waals surface area (Å²) in [5.74, 6) is 0.682. The van der Waals surface area contributed by atoms with Gasteiger partial charge in [0.2, 0.25) is 0 Å². The van der Waals surface area contributed by atoms with E-state index in [1.165, 1.54) is 25.9 Å². The molecule has 3 nitrogen and oxygen atoms in total. The third-order valence-corrected chi connectivity index (χ3v) is 4.45. The van der Waals surface area contributed by atoms with Crippen molar-refractivity contribution in [1.82, 2.24) is 4.90 Å². The second-order valence-electron chi connectivity index (χ2n) is 5.38. The first-order valence-electron chi connectivity index (χ1n) is 6.75. The molecule has 1 unspecified atom stereocenters. The summed E-state index contributed by atoms with van der Waals surface area (Å²) in [6.45, 7) is 4.55. The number of halogens is 1. The summed E-state index contributed by atoms with van der Waals surface area (Å²) >= 11 is 3.46. The van der Waals surface area contributed by atoms with E-state index in [1.807, 2.05) is 18.2 Å². The van der Waals surface area contributed by atoms with Crippen LogP contribution >= 0.6 is 15.9 Å². The summed E-state index contributed by atoms with van der Waals surface area (Å²) in [6, 6.07) is 8.40. The SMILES string of the molecule is CC(Nc1cc(Br)ccc1C#N)C1CCN(C)CC1. The lowest BCUT2D eigenvalue weighted by Crippen LogP contribution is -2.37. The zero-order chi connectivity index (χ0) is 13.8. The number of anilines is 1. The fourth-order valence-electron chi connectivity index (χ4n) is 2.63. The Bertz CT molecular complexity index is 473. The van der Waals surface area contributed by atoms with Gasteiger partial charge in [-0.3, -0.25) is 0 Å². The normalized spacial score (nSPS) is 18.8. The fourth-order valence-corrected chi connectivity index (χ4v) is 2.99. The molecule has 1 atom stereocenters. The van der Waals surface area contributed by atoms with Gasteiger partial charge in [-0.2, -0.15) is 5.26 Å². The third kappa shape index (κ3) is 3.71. The smallest absolute Gasteiger partial charge is 0.101 e. The maximum absolute atomic E-state index is 9.16. The summed E-state index contributed by atoms with van der Waals surface area (Å²) < 4.78 is 1.00. The number of benzene rings is 1. The molecular weight excluding hydrogens is 302 g/mol. The molecule has 19 heavy (non-hydrogen) atoms. The van der Waals surface area contributed by atoms with Crippen LogP contribution in [0, 0.1) is 17.2 Å². The van der Waals surface area contributed by atoms with Gasteiger partial charge in [0.15, 0.2) is 0 Å². The highest BCUT2D eigenvalue weighted by Gasteiger charge is 2.22. The van der Waals surface area contributed by atoms with E-state index in [1.54, 1.807) is 0 Å². The molecule has 0 spiro atoms. The van der Waals surface area contributed by atoms with Gasteiger partial charge in [0.1, 0.15) is 6.07 Å². The highest BCUT2D eigenvalue weighted by Crippen LogP contribution is 2.26. The minimum Gasteiger partial charge on any atom is -0.381 e. The lowest BCUT2D eigenvalue weighted by molar-refractivity contribution is 0.208. The van der Waals surface area contributed by atoms with Crippen LogP contribution in [0.2, 0.25) is 0 Å². The molecule has 0 aromatic heterocycles. The van der Waals surface area contributed by atoms with Crippen molar-refractivity contribution < 1.29 is 0 Å². The van der Waals surface area contributed by atoms with Gasteiger partial charge in [-0.15, -0.1) is 0 Å². The number of hydrogen-bond acceptors (Lipinski definition) is 3. The Morgan fingerprint density at radius 2 is 2.11 bits per heavy atom. The summed E-state index contributed by atoms with van der Waals surface area (Å²) in [7, 11) is 2.18. The van der Waals surface area contributed by atoms with Crippen molar-refractivity contribution in [3.63, 3.8) is 0 Å². The van der Waals surface area contributed by atoms with Gasteiger partial charge in [0, 0.05) is 10.5 Å². The number of piperidine rings is 1. The number of hydrogen-bond donors (Lipinski definition) is 1. The Morgan fingerprint density at radius 3 is 2.74 bits per heavy atom. The molecule has 0 saturated carbocycles. The zero-order valence-corrected chi connectivity index (χ0v) is 13.1. The maximum atomic E-state index is 9.16. The average Bonchev–Trinajstić information content (AvgIpc) is 2.39. The number of nitrogens with zero attached hydrogens (tertiary/aromatic N) is 2. The molecule has 0 amide bonds. The van der Waals surface area contributed by atoms with Gasteiger partial charge in [-0.1, -0.05) is 15.9 Å². The molecule has 1 heterocycles. The Kier molecular flexibility index (Phi) is 4.84. The molecule has 0 radical (unpaired) electrons. The lowest BCUT2D eigenvalue weighted by atomic mass is 9.90. The Hall–Kier alpha value is -1.05. The van der Waals surface area contributed by atoms with Crippen molar-refractivity contribution >= 4 is 21.6 Å². The first-order valence-corrected chi connectivity index (χ1v) is 7.54. The van der Waals surface area contributed by atoms with Crippen LogP contribution in [0.5, 0.6) is 0 Å². The van der Waals surface area contributed by atoms with E-state index in [2.05, 4.69) is 46.2 Å². The van der Waals surface area contributed by atoms with Gasteiger partial charge < -0.3 is 10.2 Å². The van der Waals surface area contributed by atoms with E-state index in [4.69, 9.17) is 5.26 Å². The summed E-state index contributed by atoms with van der Waals surface area (Å²) in [4.78, 5) is 2.38. The molecule has 1 aliphatic rings. The topological polar surface area (TPSA) is 39.1 Å². The van der Waals surface area contributed by atoms with Crippen molar-refractivity contribution in [3.05, 3.63) is 28.2 Å². The van der Waals surface area contributed by atoms with E-state index in [0.29, 0.717) is 17.5 Å². The largest absolute Gasteiger partial charge is 0.381 e. The summed E-state index contributed by atoms with van der Waals surface area (Å²) in [6.07, 6.45) is 2.45. The van der Waals surface area contributed by atoms with Crippen molar-refractivity contribution in [2.45, 2.75) is 25.8 Å². The highest BCUT2D eigenvalue weighted by atomic mass is 79.9. The van der Waals surface area contributed by atoms with E-state index < -0.39 is 0 Å². The molecule has 1 aromatic rings. The monoisotopic (exact) mass is 321 g/mol. The average molecular weight is 322 g/mol. The highest BCUT2D eigenvalue weighted by molar-refractivity contribution is 9.10. The van der Waals surface area contributed by atoms with E-state index in [-0.39, 0.29) is 0 Å². The number of nitriles is 1. The number of likely N-dealkylation sites (tertiary alicyclic amines) is 1. The van der Waals surface area contributed by atoms with Crippen LogP contribution < -0.4 is 5.32 Å². The van der Waals surface area contributed by atoms with Crippen LogP contribution in [-0.4, -0.2) is 31.1 Å². The first-order chi connectivity index (χ1) is 9.10. The van der Waals surface area contributed by atoms with Crippen LogP contribution in [0.25, 0.3) is 0 Å². The standard InChI is InChI=1S/C15H20BrN3/c1-11(12-5-7-19(2)8-6-12)18-15-9-14(16)4-3-13(15)10-17/h3-4,9,11-12,18H,5-8H2,1-2H3. The third-order valence-electron chi connectivity index (χ3n) is 3.96. The van der Waals surface area contributed by atoms with E-state index in [0.717, 1.165) is 10.2 Å². The van der Waals surface area contributed by atoms with Crippen LogP contribution in [0.3, 0.4) is 0 Å². The van der Waals surface area contributed by atoms with Gasteiger partial charge in [-0.05, 0) is 64.0 Å². The molecule has 0 bridgehead atoms. The maximum Gasteiger partial charge on any atom is 0.101 e. The Labute approximate surface area is 123 Å². The number of nitrogens with one attached hydrogen (secondary N) is 1. The molecule has 102 valence electrons. The predicted molar refractivity (Wildman–Crippen MR) is 82.2 cm³/mol. The Balaban J connectivity index is 2.04. The van der Waals surface area contributed by atoms with Crippen LogP contribution in [0.1, 0.15) is 25.3 Å². The fraction of sp³-hybridized carbons (Fsp3) is 0.533. The molecule has 1 saturated heterocycles. The molecule has 1 aromatic carbocycles. The lowest BCUT2D eigenvalue weighted by Gasteiger charge is -2.33. The molecule has 1 aliphatic heterocycles. The zero-order valence-electron chi connectivity index (χ0n) is 11.5. The minimum atomic E-state index is 0.398. The molecule has 4 heteroatoms. The van der Waals surface area contributed by atoms with Gasteiger partial charge in [0.25, 0.3) is 0 Å². The predicted octanol–water partition coefficient (Wildman–Crippen LogP) is 3.46. The number of rotatable bonds is 3. The Morgan fingerprint density at radius 1 is 1.42 bits per heavy atom. The van der Waals surface area contributed by atoms with Crippen molar-refractivity contribution in [3.8, 4) is 6.07 Å². The van der Waals surface area contributed by atoms with Crippen LogP contribution in [0.15, 0.2) is 22.7 Å². The van der Waals surface area contributed by atoms with E-state index in [9.17, 15) is 0 Å². The van der Waals surface area contributed by atoms with E-state index >= 15 is 0 Å². The summed E-state index contributed by atoms with van der Waals surface area (Å²) in [5.41, 5.74) is 1.64. The van der Waals surface area contributed by atoms with Crippen LogP contribution in [-0.2, 0) is 0 Å². The van der Waals surface area contributed by atoms with Crippen molar-refractivity contribution in [1.29, 1.82) is 5.26 Å². The van der Waals surface area contributed by atoms with Crippen LogP contribution in [0.4, 0.5) is 5.69 Å². The molecule has 1 fully saturated rings. The first kappa shape index (κ1) is 14.4.